The van der Waals surface area contributed by atoms with Crippen molar-refractivity contribution in [2.24, 2.45) is 7.05 Å². The number of aromatic nitrogens is 1. The summed E-state index contributed by atoms with van der Waals surface area (Å²) >= 11 is 0. The van der Waals surface area contributed by atoms with Crippen molar-refractivity contribution in [3.63, 3.8) is 0 Å². The van der Waals surface area contributed by atoms with Crippen LogP contribution >= 0.6 is 0 Å². The number of hydrogen-bond acceptors (Lipinski definition) is 2. The molecule has 2 aromatic carbocycles. The number of methoxy groups -OCH3 is 1. The van der Waals surface area contributed by atoms with Gasteiger partial charge in [0.15, 0.2) is 0 Å². The lowest BCUT2D eigenvalue weighted by molar-refractivity contribution is -0.137. The summed E-state index contributed by atoms with van der Waals surface area (Å²) in [5.74, 6) is -0.356. The Morgan fingerprint density at radius 2 is 1.88 bits per heavy atom. The van der Waals surface area contributed by atoms with Crippen molar-refractivity contribution < 1.29 is 22.7 Å². The van der Waals surface area contributed by atoms with Crippen molar-refractivity contribution in [3.05, 3.63) is 59.8 Å². The second kappa shape index (κ2) is 6.16. The maximum atomic E-state index is 12.9. The van der Waals surface area contributed by atoms with Crippen molar-refractivity contribution in [3.8, 4) is 5.75 Å². The van der Waals surface area contributed by atoms with Gasteiger partial charge in [0.05, 0.1) is 18.4 Å². The van der Waals surface area contributed by atoms with Crippen molar-refractivity contribution in [2.45, 2.75) is 6.18 Å². The normalized spacial score (nSPS) is 11.6. The van der Waals surface area contributed by atoms with E-state index in [-0.39, 0.29) is 11.4 Å². The SMILES string of the molecule is COc1ccc(C(F)(F)F)cc1NC(=O)c1ccc2c(ccn2C)c1. The number of amides is 1. The van der Waals surface area contributed by atoms with Gasteiger partial charge in [-0.3, -0.25) is 4.79 Å². The lowest BCUT2D eigenvalue weighted by Gasteiger charge is -2.14. The fourth-order valence-corrected chi connectivity index (χ4v) is 2.60. The van der Waals surface area contributed by atoms with Crippen molar-refractivity contribution in [1.29, 1.82) is 0 Å². The topological polar surface area (TPSA) is 43.3 Å². The molecule has 0 radical (unpaired) electrons. The van der Waals surface area contributed by atoms with E-state index in [9.17, 15) is 18.0 Å². The summed E-state index contributed by atoms with van der Waals surface area (Å²) < 4.78 is 45.6. The molecule has 3 rings (SSSR count). The number of aryl methyl sites for hydroxylation is 1. The molecule has 1 amide bonds. The predicted molar refractivity (Wildman–Crippen MR) is 88.9 cm³/mol. The van der Waals surface area contributed by atoms with E-state index in [1.165, 1.54) is 13.2 Å². The van der Waals surface area contributed by atoms with Crippen molar-refractivity contribution >= 4 is 22.5 Å². The van der Waals surface area contributed by atoms with Gasteiger partial charge in [-0.15, -0.1) is 0 Å². The maximum absolute atomic E-state index is 12.9. The van der Waals surface area contributed by atoms with Crippen LogP contribution in [0.2, 0.25) is 0 Å². The molecule has 0 aliphatic heterocycles. The fraction of sp³-hybridized carbons (Fsp3) is 0.167. The smallest absolute Gasteiger partial charge is 0.416 e. The molecule has 0 atom stereocenters. The molecule has 0 bridgehead atoms. The quantitative estimate of drug-likeness (QED) is 0.759. The highest BCUT2D eigenvalue weighted by Crippen LogP contribution is 2.35. The van der Waals surface area contributed by atoms with Crippen LogP contribution in [0.25, 0.3) is 10.9 Å². The van der Waals surface area contributed by atoms with Crippen LogP contribution in [0, 0.1) is 0 Å². The van der Waals surface area contributed by atoms with Crippen molar-refractivity contribution in [2.75, 3.05) is 12.4 Å². The third kappa shape index (κ3) is 3.31. The van der Waals surface area contributed by atoms with Crippen LogP contribution in [0.1, 0.15) is 15.9 Å². The average Bonchev–Trinajstić information content (AvgIpc) is 2.94. The maximum Gasteiger partial charge on any atom is 0.416 e. The first-order valence-corrected chi connectivity index (χ1v) is 7.41. The summed E-state index contributed by atoms with van der Waals surface area (Å²) in [4.78, 5) is 12.4. The molecule has 0 aliphatic rings. The van der Waals surface area contributed by atoms with Gasteiger partial charge in [0.25, 0.3) is 5.91 Å². The molecular weight excluding hydrogens is 333 g/mol. The van der Waals surface area contributed by atoms with E-state index in [1.807, 2.05) is 23.9 Å². The Bertz CT molecular complexity index is 945. The van der Waals surface area contributed by atoms with Crippen LogP contribution in [0.5, 0.6) is 5.75 Å². The Kier molecular flexibility index (Phi) is 4.16. The minimum absolute atomic E-state index is 0.0320. The number of alkyl halides is 3. The van der Waals surface area contributed by atoms with Gasteiger partial charge in [-0.2, -0.15) is 13.2 Å². The zero-order valence-electron chi connectivity index (χ0n) is 13.5. The van der Waals surface area contributed by atoms with Crippen LogP contribution in [-0.4, -0.2) is 17.6 Å². The van der Waals surface area contributed by atoms with Gasteiger partial charge in [-0.05, 0) is 42.5 Å². The second-order valence-electron chi connectivity index (χ2n) is 5.57. The summed E-state index contributed by atoms with van der Waals surface area (Å²) in [6.45, 7) is 0. The molecule has 25 heavy (non-hydrogen) atoms. The molecule has 1 aromatic heterocycles. The number of halogens is 3. The third-order valence-electron chi connectivity index (χ3n) is 3.92. The number of fused-ring (bicyclic) bond motifs is 1. The van der Waals surface area contributed by atoms with Gasteiger partial charge < -0.3 is 14.6 Å². The third-order valence-corrected chi connectivity index (χ3v) is 3.92. The highest BCUT2D eigenvalue weighted by Gasteiger charge is 2.31. The van der Waals surface area contributed by atoms with E-state index in [2.05, 4.69) is 5.32 Å². The Hall–Kier alpha value is -2.96. The molecular formula is C18H15F3N2O2. The first kappa shape index (κ1) is 16.9. The standard InChI is InChI=1S/C18H15F3N2O2/c1-23-8-7-11-9-12(3-5-15(11)23)17(24)22-14-10-13(18(19,20)21)4-6-16(14)25-2/h3-10H,1-2H3,(H,22,24). The molecule has 130 valence electrons. The number of nitrogens with zero attached hydrogens (tertiary/aromatic N) is 1. The van der Waals surface area contributed by atoms with E-state index in [4.69, 9.17) is 4.74 Å². The van der Waals surface area contributed by atoms with E-state index >= 15 is 0 Å². The zero-order valence-corrected chi connectivity index (χ0v) is 13.5. The fourth-order valence-electron chi connectivity index (χ4n) is 2.60. The summed E-state index contributed by atoms with van der Waals surface area (Å²) in [5, 5.41) is 3.36. The highest BCUT2D eigenvalue weighted by molar-refractivity contribution is 6.07. The Morgan fingerprint density at radius 3 is 2.56 bits per heavy atom. The average molecular weight is 348 g/mol. The van der Waals surface area contributed by atoms with Crippen molar-refractivity contribution in [1.82, 2.24) is 4.57 Å². The van der Waals surface area contributed by atoms with Gasteiger partial charge in [0, 0.05) is 29.7 Å². The number of carbonyl (C=O) groups excluding carboxylic acids is 1. The Morgan fingerprint density at radius 1 is 1.12 bits per heavy atom. The monoisotopic (exact) mass is 348 g/mol. The number of nitrogens with one attached hydrogen (secondary N) is 1. The minimum atomic E-state index is -4.51. The van der Waals surface area contributed by atoms with Gasteiger partial charge in [0.2, 0.25) is 0 Å². The predicted octanol–water partition coefficient (Wildman–Crippen LogP) is 4.46. The molecule has 0 aliphatic carbocycles. The van der Waals surface area contributed by atoms with Crippen LogP contribution in [0.15, 0.2) is 48.7 Å². The molecule has 0 spiro atoms. The van der Waals surface area contributed by atoms with E-state index in [0.717, 1.165) is 23.0 Å². The molecule has 1 heterocycles. The second-order valence-corrected chi connectivity index (χ2v) is 5.57. The molecule has 0 fully saturated rings. The lowest BCUT2D eigenvalue weighted by Crippen LogP contribution is -2.14. The molecule has 0 saturated carbocycles. The molecule has 4 nitrogen and oxygen atoms in total. The van der Waals surface area contributed by atoms with Gasteiger partial charge in [0.1, 0.15) is 5.75 Å². The highest BCUT2D eigenvalue weighted by atomic mass is 19.4. The van der Waals surface area contributed by atoms with E-state index in [0.29, 0.717) is 5.56 Å². The molecule has 0 saturated heterocycles. The van der Waals surface area contributed by atoms with Crippen LogP contribution < -0.4 is 10.1 Å². The number of benzene rings is 2. The summed E-state index contributed by atoms with van der Waals surface area (Å²) in [7, 11) is 3.21. The zero-order chi connectivity index (χ0) is 18.2. The number of carbonyl (C=O) groups is 1. The largest absolute Gasteiger partial charge is 0.495 e. The molecule has 3 aromatic rings. The molecule has 7 heteroatoms. The van der Waals surface area contributed by atoms with Gasteiger partial charge in [-0.25, -0.2) is 0 Å². The van der Waals surface area contributed by atoms with Gasteiger partial charge in [-0.1, -0.05) is 0 Å². The number of hydrogen-bond donors (Lipinski definition) is 1. The molecule has 1 N–H and O–H groups in total. The number of ether oxygens (including phenoxy) is 1. The lowest BCUT2D eigenvalue weighted by atomic mass is 10.1. The first-order valence-electron chi connectivity index (χ1n) is 7.41. The molecule has 0 unspecified atom stereocenters. The summed E-state index contributed by atoms with van der Waals surface area (Å²) in [6.07, 6.45) is -2.64. The first-order chi connectivity index (χ1) is 11.8. The van der Waals surface area contributed by atoms with Crippen LogP contribution in [0.3, 0.4) is 0 Å². The number of anilines is 1. The van der Waals surface area contributed by atoms with E-state index in [1.54, 1.807) is 18.2 Å². The van der Waals surface area contributed by atoms with Gasteiger partial charge >= 0.3 is 6.18 Å². The summed E-state index contributed by atoms with van der Waals surface area (Å²) in [5.41, 5.74) is 0.406. The Labute approximate surface area is 141 Å². The van der Waals surface area contributed by atoms with E-state index < -0.39 is 17.6 Å². The van der Waals surface area contributed by atoms with Crippen LogP contribution in [0.4, 0.5) is 18.9 Å². The number of rotatable bonds is 3. The Balaban J connectivity index is 1.93. The minimum Gasteiger partial charge on any atom is -0.495 e. The van der Waals surface area contributed by atoms with Crippen LogP contribution in [-0.2, 0) is 13.2 Å². The summed E-state index contributed by atoms with van der Waals surface area (Å²) in [6, 6.07) is 9.90.